The molecule has 2 N–H and O–H groups in total. The molecule has 2 aliphatic rings. The number of hydrogen-bond acceptors (Lipinski definition) is 3. The molecule has 0 heterocycles. The topological polar surface area (TPSA) is 40.5 Å². The third-order valence-electron chi connectivity index (χ3n) is 10.2. The molecule has 0 radical (unpaired) electrons. The van der Waals surface area contributed by atoms with Crippen molar-refractivity contribution in [1.82, 2.24) is 0 Å². The standard InChI is InChI=1S/C38H58O2S/c1-35(2,3)29-23-27(25-31(33(29)39)37(7)17-11-9-12-18-37)15-21-41-22-16-28-24-30(36(4,5)6)34(40)32(26-28)38(8)19-13-10-14-20-38/h23-26,39-40H,9-22H2,1-8H3. The summed E-state index contributed by atoms with van der Waals surface area (Å²) in [6, 6.07) is 9.23. The monoisotopic (exact) mass is 578 g/mol. The molecule has 3 heteroatoms. The molecule has 0 spiro atoms. The van der Waals surface area contributed by atoms with Gasteiger partial charge in [-0.25, -0.2) is 0 Å². The van der Waals surface area contributed by atoms with Gasteiger partial charge in [-0.1, -0.05) is 118 Å². The van der Waals surface area contributed by atoms with Crippen LogP contribution in [0.2, 0.25) is 0 Å². The van der Waals surface area contributed by atoms with Gasteiger partial charge in [0, 0.05) is 11.1 Å². The Balaban J connectivity index is 1.47. The summed E-state index contributed by atoms with van der Waals surface area (Å²) in [5, 5.41) is 22.8. The summed E-state index contributed by atoms with van der Waals surface area (Å²) in [7, 11) is 0. The van der Waals surface area contributed by atoms with Gasteiger partial charge in [0.1, 0.15) is 11.5 Å². The van der Waals surface area contributed by atoms with Crippen molar-refractivity contribution >= 4 is 11.8 Å². The first kappa shape index (κ1) is 32.3. The first-order valence-electron chi connectivity index (χ1n) is 16.5. The summed E-state index contributed by atoms with van der Waals surface area (Å²) in [5.41, 5.74) is 7.33. The Hall–Kier alpha value is -1.61. The summed E-state index contributed by atoms with van der Waals surface area (Å²) in [6.07, 6.45) is 14.4. The Kier molecular flexibility index (Phi) is 9.89. The maximum Gasteiger partial charge on any atom is 0.123 e. The number of phenols is 2. The summed E-state index contributed by atoms with van der Waals surface area (Å²) < 4.78 is 0. The van der Waals surface area contributed by atoms with Crippen LogP contribution in [0.5, 0.6) is 11.5 Å². The van der Waals surface area contributed by atoms with E-state index in [1.54, 1.807) is 0 Å². The Morgan fingerprint density at radius 3 is 1.24 bits per heavy atom. The van der Waals surface area contributed by atoms with Gasteiger partial charge in [-0.2, -0.15) is 11.8 Å². The number of benzene rings is 2. The van der Waals surface area contributed by atoms with Gasteiger partial charge in [0.05, 0.1) is 0 Å². The van der Waals surface area contributed by atoms with E-state index < -0.39 is 0 Å². The van der Waals surface area contributed by atoms with Crippen molar-refractivity contribution < 1.29 is 10.2 Å². The van der Waals surface area contributed by atoms with Crippen LogP contribution in [0.1, 0.15) is 153 Å². The number of rotatable bonds is 8. The molecular weight excluding hydrogens is 520 g/mol. The third-order valence-corrected chi connectivity index (χ3v) is 11.2. The highest BCUT2D eigenvalue weighted by atomic mass is 32.2. The smallest absolute Gasteiger partial charge is 0.123 e. The van der Waals surface area contributed by atoms with Crippen LogP contribution < -0.4 is 0 Å². The maximum absolute atomic E-state index is 11.4. The SMILES string of the molecule is CC(C)(C)c1cc(CCSCCc2cc(C(C)(C)C)c(O)c(C3(C)CCCCC3)c2)cc(C2(C)CCCCC2)c1O. The molecule has 2 aliphatic carbocycles. The quantitative estimate of drug-likeness (QED) is 0.306. The van der Waals surface area contributed by atoms with Crippen LogP contribution in [0.15, 0.2) is 24.3 Å². The van der Waals surface area contributed by atoms with Crippen molar-refractivity contribution in [3.05, 3.63) is 57.6 Å². The molecule has 2 fully saturated rings. The van der Waals surface area contributed by atoms with Gasteiger partial charge < -0.3 is 10.2 Å². The predicted molar refractivity (Wildman–Crippen MR) is 179 cm³/mol. The van der Waals surface area contributed by atoms with E-state index >= 15 is 0 Å². The van der Waals surface area contributed by atoms with Crippen LogP contribution in [0.3, 0.4) is 0 Å². The Bertz CT molecular complexity index is 1090. The van der Waals surface area contributed by atoms with E-state index in [0.29, 0.717) is 11.5 Å². The lowest BCUT2D eigenvalue weighted by Gasteiger charge is -2.36. The van der Waals surface area contributed by atoms with E-state index in [9.17, 15) is 10.2 Å². The molecule has 2 nitrogen and oxygen atoms in total. The highest BCUT2D eigenvalue weighted by Crippen LogP contribution is 2.48. The predicted octanol–water partition coefficient (Wildman–Crippen LogP) is 10.7. The minimum absolute atomic E-state index is 0.0800. The molecule has 41 heavy (non-hydrogen) atoms. The summed E-state index contributed by atoms with van der Waals surface area (Å²) in [4.78, 5) is 0. The molecule has 0 bridgehead atoms. The number of aromatic hydroxyl groups is 2. The van der Waals surface area contributed by atoms with Gasteiger partial charge in [-0.3, -0.25) is 0 Å². The van der Waals surface area contributed by atoms with Crippen molar-refractivity contribution in [1.29, 1.82) is 0 Å². The van der Waals surface area contributed by atoms with Crippen molar-refractivity contribution in [2.45, 2.75) is 154 Å². The largest absolute Gasteiger partial charge is 0.507 e. The highest BCUT2D eigenvalue weighted by Gasteiger charge is 2.35. The molecule has 0 aromatic heterocycles. The van der Waals surface area contributed by atoms with Crippen molar-refractivity contribution in [2.24, 2.45) is 0 Å². The van der Waals surface area contributed by atoms with Gasteiger partial charge in [0.2, 0.25) is 0 Å². The Labute approximate surface area is 256 Å². The number of hydrogen-bond donors (Lipinski definition) is 2. The van der Waals surface area contributed by atoms with E-state index in [1.165, 1.54) is 86.5 Å². The van der Waals surface area contributed by atoms with E-state index in [4.69, 9.17) is 0 Å². The number of thioether (sulfide) groups is 1. The zero-order valence-electron chi connectivity index (χ0n) is 27.5. The fraction of sp³-hybridized carbons (Fsp3) is 0.684. The normalized spacial score (nSPS) is 19.3. The second-order valence-corrected chi connectivity index (χ2v) is 17.2. The summed E-state index contributed by atoms with van der Waals surface area (Å²) >= 11 is 2.03. The first-order valence-corrected chi connectivity index (χ1v) is 17.6. The molecular formula is C38H58O2S. The second-order valence-electron chi connectivity index (χ2n) is 15.9. The fourth-order valence-corrected chi connectivity index (χ4v) is 8.39. The number of phenolic OH excluding ortho intramolecular Hbond substituents is 2. The molecule has 0 aliphatic heterocycles. The van der Waals surface area contributed by atoms with Gasteiger partial charge in [0.15, 0.2) is 0 Å². The van der Waals surface area contributed by atoms with E-state index in [2.05, 4.69) is 79.7 Å². The first-order chi connectivity index (χ1) is 19.1. The zero-order chi connectivity index (χ0) is 30.1. The highest BCUT2D eigenvalue weighted by molar-refractivity contribution is 7.99. The van der Waals surface area contributed by atoms with E-state index in [1.807, 2.05) is 11.8 Å². The van der Waals surface area contributed by atoms with Crippen LogP contribution in [0.25, 0.3) is 0 Å². The average molecular weight is 579 g/mol. The minimum Gasteiger partial charge on any atom is -0.507 e. The lowest BCUT2D eigenvalue weighted by Crippen LogP contribution is -2.26. The maximum atomic E-state index is 11.4. The van der Waals surface area contributed by atoms with Crippen molar-refractivity contribution in [3.8, 4) is 11.5 Å². The minimum atomic E-state index is -0.0800. The molecule has 0 amide bonds. The van der Waals surface area contributed by atoms with Crippen molar-refractivity contribution in [2.75, 3.05) is 11.5 Å². The third kappa shape index (κ3) is 7.49. The molecule has 2 aromatic carbocycles. The molecule has 2 saturated carbocycles. The fourth-order valence-electron chi connectivity index (χ4n) is 7.43. The summed E-state index contributed by atoms with van der Waals surface area (Å²) in [6.45, 7) is 18.1. The second kappa shape index (κ2) is 12.6. The molecule has 228 valence electrons. The van der Waals surface area contributed by atoms with Gasteiger partial charge >= 0.3 is 0 Å². The average Bonchev–Trinajstić information content (AvgIpc) is 2.89. The lowest BCUT2D eigenvalue weighted by molar-refractivity contribution is 0.305. The molecule has 0 saturated heterocycles. The van der Waals surface area contributed by atoms with E-state index in [-0.39, 0.29) is 21.7 Å². The number of aryl methyl sites for hydroxylation is 2. The van der Waals surface area contributed by atoms with E-state index in [0.717, 1.165) is 35.5 Å². The summed E-state index contributed by atoms with van der Waals surface area (Å²) in [5.74, 6) is 3.25. The Morgan fingerprint density at radius 1 is 0.585 bits per heavy atom. The molecule has 4 rings (SSSR count). The van der Waals surface area contributed by atoms with Crippen LogP contribution in [0.4, 0.5) is 0 Å². The van der Waals surface area contributed by atoms with Gasteiger partial charge in [-0.15, -0.1) is 0 Å². The van der Waals surface area contributed by atoms with Crippen molar-refractivity contribution in [3.63, 3.8) is 0 Å². The van der Waals surface area contributed by atoms with Crippen LogP contribution >= 0.6 is 11.8 Å². The molecule has 0 unspecified atom stereocenters. The molecule has 0 atom stereocenters. The van der Waals surface area contributed by atoms with Crippen LogP contribution in [0, 0.1) is 0 Å². The van der Waals surface area contributed by atoms with Crippen LogP contribution in [-0.2, 0) is 34.5 Å². The lowest BCUT2D eigenvalue weighted by atomic mass is 9.69. The van der Waals surface area contributed by atoms with Crippen LogP contribution in [-0.4, -0.2) is 21.7 Å². The van der Waals surface area contributed by atoms with Gasteiger partial charge in [-0.05, 0) is 93.9 Å². The Morgan fingerprint density at radius 2 is 0.927 bits per heavy atom. The zero-order valence-corrected chi connectivity index (χ0v) is 28.3. The molecule has 2 aromatic rings. The van der Waals surface area contributed by atoms with Gasteiger partial charge in [0.25, 0.3) is 0 Å².